The maximum absolute atomic E-state index is 11.6. The highest BCUT2D eigenvalue weighted by molar-refractivity contribution is 5.78. The summed E-state index contributed by atoms with van der Waals surface area (Å²) in [5.41, 5.74) is 3.24. The van der Waals surface area contributed by atoms with Gasteiger partial charge >= 0.3 is 6.03 Å². The van der Waals surface area contributed by atoms with Crippen LogP contribution in [0, 0.1) is 0 Å². The molecule has 6 heteroatoms. The molecule has 1 aliphatic carbocycles. The molecule has 0 saturated heterocycles. The Labute approximate surface area is 135 Å². The van der Waals surface area contributed by atoms with Gasteiger partial charge in [-0.1, -0.05) is 13.0 Å². The van der Waals surface area contributed by atoms with E-state index in [1.807, 2.05) is 0 Å². The van der Waals surface area contributed by atoms with Crippen molar-refractivity contribution in [1.29, 1.82) is 0 Å². The van der Waals surface area contributed by atoms with Crippen LogP contribution >= 0.6 is 0 Å². The second-order valence-corrected chi connectivity index (χ2v) is 5.99. The lowest BCUT2D eigenvalue weighted by atomic mass is 10.2. The first kappa shape index (κ1) is 15.8. The van der Waals surface area contributed by atoms with E-state index in [0.717, 1.165) is 23.3 Å². The first-order valence-corrected chi connectivity index (χ1v) is 8.35. The summed E-state index contributed by atoms with van der Waals surface area (Å²) in [6.07, 6.45) is 4.00. The minimum atomic E-state index is -0.212. The number of nitrogens with zero attached hydrogens (tertiary/aromatic N) is 2. The van der Waals surface area contributed by atoms with Crippen LogP contribution < -0.4 is 10.6 Å². The number of imidazole rings is 1. The number of hydrogen-bond donors (Lipinski definition) is 3. The molecule has 3 N–H and O–H groups in total. The Morgan fingerprint density at radius 3 is 2.91 bits per heavy atom. The average Bonchev–Trinajstić information content (AvgIpc) is 3.33. The standard InChI is InChI=1S/C17H24N4O2/c1-2-16-20-14-10-12(11-19-17(23)18-8-3-9-22)4-7-15(14)21(16)13-5-6-13/h4,7,10,13,22H,2-3,5-6,8-9,11H2,1H3,(H2,18,19,23). The van der Waals surface area contributed by atoms with E-state index in [1.54, 1.807) is 0 Å². The lowest BCUT2D eigenvalue weighted by Crippen LogP contribution is -2.35. The quantitative estimate of drug-likeness (QED) is 0.685. The van der Waals surface area contributed by atoms with Crippen molar-refractivity contribution in [2.45, 2.75) is 45.2 Å². The van der Waals surface area contributed by atoms with E-state index in [9.17, 15) is 4.79 Å². The van der Waals surface area contributed by atoms with Crippen LogP contribution in [0.2, 0.25) is 0 Å². The molecule has 0 atom stereocenters. The number of hydrogen-bond acceptors (Lipinski definition) is 3. The van der Waals surface area contributed by atoms with Gasteiger partial charge in [-0.25, -0.2) is 9.78 Å². The Kier molecular flexibility index (Phi) is 4.81. The zero-order valence-electron chi connectivity index (χ0n) is 13.5. The minimum Gasteiger partial charge on any atom is -0.396 e. The number of amides is 2. The summed E-state index contributed by atoms with van der Waals surface area (Å²) in [6, 6.07) is 6.63. The van der Waals surface area contributed by atoms with Gasteiger partial charge in [0.1, 0.15) is 5.82 Å². The van der Waals surface area contributed by atoms with Gasteiger partial charge in [-0.3, -0.25) is 0 Å². The second kappa shape index (κ2) is 7.00. The summed E-state index contributed by atoms with van der Waals surface area (Å²) in [5.74, 6) is 1.15. The van der Waals surface area contributed by atoms with E-state index in [-0.39, 0.29) is 12.6 Å². The van der Waals surface area contributed by atoms with Crippen molar-refractivity contribution in [3.05, 3.63) is 29.6 Å². The van der Waals surface area contributed by atoms with Crippen molar-refractivity contribution in [2.75, 3.05) is 13.2 Å². The Morgan fingerprint density at radius 2 is 2.22 bits per heavy atom. The first-order chi connectivity index (χ1) is 11.2. The zero-order chi connectivity index (χ0) is 16.2. The van der Waals surface area contributed by atoms with E-state index >= 15 is 0 Å². The van der Waals surface area contributed by atoms with Gasteiger partial charge in [-0.2, -0.15) is 0 Å². The summed E-state index contributed by atoms with van der Waals surface area (Å²) >= 11 is 0. The van der Waals surface area contributed by atoms with Gasteiger partial charge in [0.2, 0.25) is 0 Å². The number of carbonyl (C=O) groups is 1. The Balaban J connectivity index is 1.67. The van der Waals surface area contributed by atoms with Crippen LogP contribution in [0.3, 0.4) is 0 Å². The Bertz CT molecular complexity index is 691. The molecule has 1 fully saturated rings. The highest BCUT2D eigenvalue weighted by Crippen LogP contribution is 2.38. The van der Waals surface area contributed by atoms with E-state index < -0.39 is 0 Å². The lowest BCUT2D eigenvalue weighted by molar-refractivity contribution is 0.238. The fraction of sp³-hybridized carbons (Fsp3) is 0.529. The first-order valence-electron chi connectivity index (χ1n) is 8.35. The second-order valence-electron chi connectivity index (χ2n) is 5.99. The average molecular weight is 316 g/mol. The van der Waals surface area contributed by atoms with Gasteiger partial charge < -0.3 is 20.3 Å². The van der Waals surface area contributed by atoms with Crippen molar-refractivity contribution in [2.24, 2.45) is 0 Å². The molecule has 0 spiro atoms. The number of urea groups is 1. The summed E-state index contributed by atoms with van der Waals surface area (Å²) in [5, 5.41) is 14.2. The molecule has 124 valence electrons. The number of benzene rings is 1. The van der Waals surface area contributed by atoms with Gasteiger partial charge in [0.05, 0.1) is 11.0 Å². The van der Waals surface area contributed by atoms with Crippen LogP contribution in [0.4, 0.5) is 4.79 Å². The van der Waals surface area contributed by atoms with Gasteiger partial charge in [0.25, 0.3) is 0 Å². The van der Waals surface area contributed by atoms with E-state index in [1.165, 1.54) is 18.4 Å². The summed E-state index contributed by atoms with van der Waals surface area (Å²) in [6.45, 7) is 3.17. The fourth-order valence-corrected chi connectivity index (χ4v) is 2.82. The molecule has 2 amide bonds. The van der Waals surface area contributed by atoms with Crippen molar-refractivity contribution in [1.82, 2.24) is 20.2 Å². The number of aryl methyl sites for hydroxylation is 1. The minimum absolute atomic E-state index is 0.0837. The summed E-state index contributed by atoms with van der Waals surface area (Å²) in [7, 11) is 0. The molecular formula is C17H24N4O2. The van der Waals surface area contributed by atoms with Crippen LogP contribution in [0.5, 0.6) is 0 Å². The number of aliphatic hydroxyl groups excluding tert-OH is 1. The molecule has 0 aliphatic heterocycles. The highest BCUT2D eigenvalue weighted by atomic mass is 16.3. The number of aliphatic hydroxyl groups is 1. The third kappa shape index (κ3) is 3.64. The van der Waals surface area contributed by atoms with Gasteiger partial charge in [0.15, 0.2) is 0 Å². The van der Waals surface area contributed by atoms with Crippen molar-refractivity contribution >= 4 is 17.1 Å². The molecule has 1 heterocycles. The van der Waals surface area contributed by atoms with E-state index in [2.05, 4.69) is 40.3 Å². The molecule has 0 radical (unpaired) electrons. The summed E-state index contributed by atoms with van der Waals surface area (Å²) in [4.78, 5) is 16.4. The molecule has 3 rings (SSSR count). The maximum Gasteiger partial charge on any atom is 0.315 e. The maximum atomic E-state index is 11.6. The Morgan fingerprint density at radius 1 is 1.39 bits per heavy atom. The number of carbonyl (C=O) groups excluding carboxylic acids is 1. The van der Waals surface area contributed by atoms with Crippen molar-refractivity contribution < 1.29 is 9.90 Å². The molecule has 0 bridgehead atoms. The molecular weight excluding hydrogens is 292 g/mol. The number of fused-ring (bicyclic) bond motifs is 1. The smallest absolute Gasteiger partial charge is 0.315 e. The fourth-order valence-electron chi connectivity index (χ4n) is 2.82. The molecule has 1 aromatic carbocycles. The third-order valence-electron chi connectivity index (χ3n) is 4.13. The van der Waals surface area contributed by atoms with Crippen molar-refractivity contribution in [3.8, 4) is 0 Å². The van der Waals surface area contributed by atoms with Gasteiger partial charge in [0, 0.05) is 32.2 Å². The molecule has 23 heavy (non-hydrogen) atoms. The third-order valence-corrected chi connectivity index (χ3v) is 4.13. The molecule has 1 saturated carbocycles. The largest absolute Gasteiger partial charge is 0.396 e. The summed E-state index contributed by atoms with van der Waals surface area (Å²) < 4.78 is 2.37. The van der Waals surface area contributed by atoms with Gasteiger partial charge in [-0.05, 0) is 37.0 Å². The van der Waals surface area contributed by atoms with Crippen LogP contribution in [0.1, 0.15) is 43.6 Å². The highest BCUT2D eigenvalue weighted by Gasteiger charge is 2.27. The molecule has 2 aromatic rings. The predicted octanol–water partition coefficient (Wildman–Crippen LogP) is 2.12. The number of rotatable bonds is 7. The molecule has 0 unspecified atom stereocenters. The lowest BCUT2D eigenvalue weighted by Gasteiger charge is -2.08. The van der Waals surface area contributed by atoms with Crippen LogP contribution in [-0.4, -0.2) is 33.8 Å². The van der Waals surface area contributed by atoms with Crippen molar-refractivity contribution in [3.63, 3.8) is 0 Å². The predicted molar refractivity (Wildman–Crippen MR) is 89.3 cm³/mol. The molecule has 1 aliphatic rings. The molecule has 6 nitrogen and oxygen atoms in total. The zero-order valence-corrected chi connectivity index (χ0v) is 13.5. The molecule has 1 aromatic heterocycles. The number of nitrogens with one attached hydrogen (secondary N) is 2. The topological polar surface area (TPSA) is 79.2 Å². The van der Waals surface area contributed by atoms with Crippen LogP contribution in [0.25, 0.3) is 11.0 Å². The van der Waals surface area contributed by atoms with E-state index in [0.29, 0.717) is 25.6 Å². The Hall–Kier alpha value is -2.08. The normalized spacial score (nSPS) is 14.2. The number of aromatic nitrogens is 2. The monoisotopic (exact) mass is 316 g/mol. The van der Waals surface area contributed by atoms with Crippen LogP contribution in [-0.2, 0) is 13.0 Å². The van der Waals surface area contributed by atoms with Gasteiger partial charge in [-0.15, -0.1) is 0 Å². The van der Waals surface area contributed by atoms with Crippen LogP contribution in [0.15, 0.2) is 18.2 Å². The van der Waals surface area contributed by atoms with E-state index in [4.69, 9.17) is 10.1 Å². The SMILES string of the molecule is CCc1nc2cc(CNC(=O)NCCCO)ccc2n1C1CC1.